The van der Waals surface area contributed by atoms with Crippen LogP contribution in [0, 0.1) is 0 Å². The normalized spacial score (nSPS) is 11.3. The largest absolute Gasteiger partial charge is 0.494 e. The van der Waals surface area contributed by atoms with Gasteiger partial charge in [0.05, 0.1) is 12.1 Å². The van der Waals surface area contributed by atoms with E-state index < -0.39 is 0 Å². The first-order chi connectivity index (χ1) is 12.2. The van der Waals surface area contributed by atoms with E-state index in [2.05, 4.69) is 23.7 Å². The summed E-state index contributed by atoms with van der Waals surface area (Å²) in [7, 11) is 0. The Balaban J connectivity index is 1.72. The van der Waals surface area contributed by atoms with Crippen molar-refractivity contribution in [1.29, 1.82) is 0 Å². The first-order valence-corrected chi connectivity index (χ1v) is 9.71. The fraction of sp³-hybridized carbons (Fsp3) is 0.571. The van der Waals surface area contributed by atoms with E-state index >= 15 is 0 Å². The van der Waals surface area contributed by atoms with Crippen molar-refractivity contribution in [2.24, 2.45) is 0 Å². The standard InChI is InChI=1S/C21H32N2O2/c1-3-5-6-14-23(13-4-2)15-7-8-16-25-19-11-9-18-10-12-21(24)22-20(18)17-19/h9-12,17H,3-8,13-16H2,1-2H3,(H,22,24). The Morgan fingerprint density at radius 1 is 0.920 bits per heavy atom. The molecule has 1 aromatic heterocycles. The van der Waals surface area contributed by atoms with Crippen LogP contribution in [0.25, 0.3) is 10.9 Å². The maximum Gasteiger partial charge on any atom is 0.248 e. The Morgan fingerprint density at radius 2 is 1.68 bits per heavy atom. The summed E-state index contributed by atoms with van der Waals surface area (Å²) in [6, 6.07) is 9.24. The minimum Gasteiger partial charge on any atom is -0.494 e. The number of pyridine rings is 1. The van der Waals surface area contributed by atoms with Crippen molar-refractivity contribution < 1.29 is 4.74 Å². The highest BCUT2D eigenvalue weighted by Gasteiger charge is 2.04. The number of nitrogens with zero attached hydrogens (tertiary/aromatic N) is 1. The zero-order valence-corrected chi connectivity index (χ0v) is 15.7. The number of ether oxygens (including phenoxy) is 1. The van der Waals surface area contributed by atoms with Gasteiger partial charge in [0, 0.05) is 12.1 Å². The third-order valence-corrected chi connectivity index (χ3v) is 4.45. The van der Waals surface area contributed by atoms with Gasteiger partial charge < -0.3 is 14.6 Å². The lowest BCUT2D eigenvalue weighted by molar-refractivity contribution is 0.246. The molecule has 0 saturated heterocycles. The first kappa shape index (κ1) is 19.5. The molecule has 2 aromatic rings. The third kappa shape index (κ3) is 6.91. The van der Waals surface area contributed by atoms with Crippen LogP contribution in [0.5, 0.6) is 5.75 Å². The van der Waals surface area contributed by atoms with Crippen LogP contribution in [0.3, 0.4) is 0 Å². The molecule has 1 aromatic carbocycles. The number of H-pyrrole nitrogens is 1. The summed E-state index contributed by atoms with van der Waals surface area (Å²) in [5.41, 5.74) is 0.749. The zero-order chi connectivity index (χ0) is 17.9. The van der Waals surface area contributed by atoms with Gasteiger partial charge >= 0.3 is 0 Å². The van der Waals surface area contributed by atoms with Crippen LogP contribution in [-0.2, 0) is 0 Å². The molecule has 0 atom stereocenters. The number of nitrogens with one attached hydrogen (secondary N) is 1. The fourth-order valence-corrected chi connectivity index (χ4v) is 3.08. The second kappa shape index (κ2) is 10.9. The Labute approximate surface area is 151 Å². The minimum absolute atomic E-state index is 0.0799. The number of benzene rings is 1. The monoisotopic (exact) mass is 344 g/mol. The van der Waals surface area contributed by atoms with Gasteiger partial charge in [0.15, 0.2) is 0 Å². The quantitative estimate of drug-likeness (QED) is 0.573. The molecule has 4 nitrogen and oxygen atoms in total. The molecule has 0 aliphatic carbocycles. The second-order valence-corrected chi connectivity index (χ2v) is 6.68. The molecular weight excluding hydrogens is 312 g/mol. The highest BCUT2D eigenvalue weighted by Crippen LogP contribution is 2.18. The average molecular weight is 344 g/mol. The molecule has 2 rings (SSSR count). The van der Waals surface area contributed by atoms with Crippen LogP contribution in [0.1, 0.15) is 52.4 Å². The van der Waals surface area contributed by atoms with E-state index in [1.54, 1.807) is 6.07 Å². The maximum absolute atomic E-state index is 11.4. The molecule has 0 saturated carbocycles. The van der Waals surface area contributed by atoms with E-state index in [0.29, 0.717) is 0 Å². The lowest BCUT2D eigenvalue weighted by Gasteiger charge is -2.21. The highest BCUT2D eigenvalue weighted by molar-refractivity contribution is 5.79. The van der Waals surface area contributed by atoms with E-state index in [1.165, 1.54) is 38.8 Å². The van der Waals surface area contributed by atoms with Crippen molar-refractivity contribution in [3.63, 3.8) is 0 Å². The summed E-state index contributed by atoms with van der Waals surface area (Å²) in [5, 5.41) is 1.02. The molecular formula is C21H32N2O2. The van der Waals surface area contributed by atoms with Crippen molar-refractivity contribution in [2.45, 2.75) is 52.4 Å². The van der Waals surface area contributed by atoms with Gasteiger partial charge in [-0.15, -0.1) is 0 Å². The van der Waals surface area contributed by atoms with Crippen LogP contribution in [-0.4, -0.2) is 36.1 Å². The Kier molecular flexibility index (Phi) is 8.53. The van der Waals surface area contributed by atoms with Crippen LogP contribution in [0.4, 0.5) is 0 Å². The summed E-state index contributed by atoms with van der Waals surface area (Å²) in [6.07, 6.45) is 7.35. The number of aromatic nitrogens is 1. The Hall–Kier alpha value is -1.81. The van der Waals surface area contributed by atoms with Crippen LogP contribution in [0.15, 0.2) is 35.1 Å². The van der Waals surface area contributed by atoms with Gasteiger partial charge in [0.1, 0.15) is 5.75 Å². The average Bonchev–Trinajstić information content (AvgIpc) is 2.61. The zero-order valence-electron chi connectivity index (χ0n) is 15.7. The van der Waals surface area contributed by atoms with Crippen molar-refractivity contribution in [3.8, 4) is 5.75 Å². The fourth-order valence-electron chi connectivity index (χ4n) is 3.08. The predicted molar refractivity (Wildman–Crippen MR) is 106 cm³/mol. The lowest BCUT2D eigenvalue weighted by Crippen LogP contribution is -2.27. The molecule has 1 N–H and O–H groups in total. The Bertz CT molecular complexity index is 681. The van der Waals surface area contributed by atoms with E-state index in [4.69, 9.17) is 4.74 Å². The molecule has 0 aliphatic rings. The summed E-state index contributed by atoms with van der Waals surface area (Å²) in [5.74, 6) is 0.822. The summed E-state index contributed by atoms with van der Waals surface area (Å²) < 4.78 is 5.85. The lowest BCUT2D eigenvalue weighted by atomic mass is 10.2. The van der Waals surface area contributed by atoms with Crippen LogP contribution in [0.2, 0.25) is 0 Å². The molecule has 4 heteroatoms. The van der Waals surface area contributed by atoms with Crippen LogP contribution >= 0.6 is 0 Å². The second-order valence-electron chi connectivity index (χ2n) is 6.68. The molecule has 138 valence electrons. The highest BCUT2D eigenvalue weighted by atomic mass is 16.5. The smallest absolute Gasteiger partial charge is 0.248 e. The summed E-state index contributed by atoms with van der Waals surface area (Å²) >= 11 is 0. The molecule has 0 spiro atoms. The van der Waals surface area contributed by atoms with Crippen LogP contribution < -0.4 is 10.3 Å². The van der Waals surface area contributed by atoms with Gasteiger partial charge in [-0.2, -0.15) is 0 Å². The van der Waals surface area contributed by atoms with Gasteiger partial charge in [-0.3, -0.25) is 4.79 Å². The number of hydrogen-bond donors (Lipinski definition) is 1. The molecule has 0 fully saturated rings. The molecule has 0 aliphatic heterocycles. The molecule has 0 bridgehead atoms. The van der Waals surface area contributed by atoms with E-state index in [0.717, 1.165) is 42.6 Å². The molecule has 0 amide bonds. The number of rotatable bonds is 12. The van der Waals surface area contributed by atoms with E-state index in [1.807, 2.05) is 24.3 Å². The van der Waals surface area contributed by atoms with Crippen molar-refractivity contribution in [2.75, 3.05) is 26.2 Å². The van der Waals surface area contributed by atoms with Gasteiger partial charge in [0.2, 0.25) is 5.56 Å². The topological polar surface area (TPSA) is 45.3 Å². The number of fused-ring (bicyclic) bond motifs is 1. The SMILES string of the molecule is CCCCCN(CCC)CCCCOc1ccc2ccc(=O)[nH]c2c1. The summed E-state index contributed by atoms with van der Waals surface area (Å²) in [6.45, 7) is 8.80. The molecule has 0 unspecified atom stereocenters. The van der Waals surface area contributed by atoms with Gasteiger partial charge in [-0.25, -0.2) is 0 Å². The van der Waals surface area contributed by atoms with Crippen molar-refractivity contribution in [3.05, 3.63) is 40.7 Å². The van der Waals surface area contributed by atoms with Crippen molar-refractivity contribution in [1.82, 2.24) is 9.88 Å². The Morgan fingerprint density at radius 3 is 2.44 bits per heavy atom. The third-order valence-electron chi connectivity index (χ3n) is 4.45. The summed E-state index contributed by atoms with van der Waals surface area (Å²) in [4.78, 5) is 16.8. The number of aromatic amines is 1. The van der Waals surface area contributed by atoms with E-state index in [-0.39, 0.29) is 5.56 Å². The predicted octanol–water partition coefficient (Wildman–Crippen LogP) is 4.59. The number of unbranched alkanes of at least 4 members (excludes halogenated alkanes) is 3. The van der Waals surface area contributed by atoms with Crippen molar-refractivity contribution >= 4 is 10.9 Å². The van der Waals surface area contributed by atoms with E-state index in [9.17, 15) is 4.79 Å². The molecule has 25 heavy (non-hydrogen) atoms. The van der Waals surface area contributed by atoms with Gasteiger partial charge in [-0.05, 0) is 68.9 Å². The molecule has 0 radical (unpaired) electrons. The number of hydrogen-bond acceptors (Lipinski definition) is 3. The minimum atomic E-state index is -0.0799. The molecule has 1 heterocycles. The maximum atomic E-state index is 11.4. The van der Waals surface area contributed by atoms with Gasteiger partial charge in [-0.1, -0.05) is 26.7 Å². The first-order valence-electron chi connectivity index (χ1n) is 9.71. The van der Waals surface area contributed by atoms with Gasteiger partial charge in [0.25, 0.3) is 0 Å².